The Labute approximate surface area is 555 Å². The number of carbonyl (C=O) groups excluding carboxylic acids is 1. The minimum Gasteiger partial charge on any atom is -0.394 e. The Balaban J connectivity index is 1.40. The van der Waals surface area contributed by atoms with Crippen LogP contribution in [0.25, 0.3) is 0 Å². The van der Waals surface area contributed by atoms with E-state index >= 15 is 0 Å². The molecule has 0 aromatic heterocycles. The molecule has 3 aliphatic rings. The highest BCUT2D eigenvalue weighted by Gasteiger charge is 2.53. The van der Waals surface area contributed by atoms with Crippen molar-refractivity contribution in [3.63, 3.8) is 0 Å². The largest absolute Gasteiger partial charge is 0.394 e. The number of rotatable bonds is 50. The van der Waals surface area contributed by atoms with Crippen LogP contribution in [0.3, 0.4) is 0 Å². The van der Waals surface area contributed by atoms with Crippen LogP contribution in [0.5, 0.6) is 0 Å². The average molecular weight is 1310 g/mol. The normalized spacial score (nSPS) is 28.5. The highest BCUT2D eigenvalue weighted by molar-refractivity contribution is 5.76. The van der Waals surface area contributed by atoms with Crippen LogP contribution < -0.4 is 5.32 Å². The molecule has 0 spiro atoms. The van der Waals surface area contributed by atoms with Crippen molar-refractivity contribution in [2.75, 3.05) is 26.4 Å². The van der Waals surface area contributed by atoms with E-state index in [0.717, 1.165) is 109 Å². The Bertz CT molecular complexity index is 2250. The lowest BCUT2D eigenvalue weighted by Crippen LogP contribution is -2.66. The molecule has 0 bridgehead atoms. The first-order chi connectivity index (χ1) is 45.3. The zero-order valence-electron chi connectivity index (χ0n) is 55.7. The Morgan fingerprint density at radius 2 is 0.753 bits per heavy atom. The third-order valence-electron chi connectivity index (χ3n) is 16.1. The van der Waals surface area contributed by atoms with Crippen molar-refractivity contribution in [1.29, 1.82) is 0 Å². The van der Waals surface area contributed by atoms with Crippen LogP contribution in [0.4, 0.5) is 0 Å². The molecule has 3 heterocycles. The van der Waals surface area contributed by atoms with Gasteiger partial charge in [0.2, 0.25) is 5.91 Å². The summed E-state index contributed by atoms with van der Waals surface area (Å²) in [7, 11) is 0. The molecule has 17 unspecified atom stereocenters. The summed E-state index contributed by atoms with van der Waals surface area (Å²) in [5.41, 5.74) is 0. The minimum absolute atomic E-state index is 0.195. The van der Waals surface area contributed by atoms with Gasteiger partial charge >= 0.3 is 0 Å². The van der Waals surface area contributed by atoms with Crippen LogP contribution >= 0.6 is 0 Å². The lowest BCUT2D eigenvalue weighted by atomic mass is 9.96. The van der Waals surface area contributed by atoms with Gasteiger partial charge < -0.3 is 89.9 Å². The van der Waals surface area contributed by atoms with E-state index in [9.17, 15) is 61.0 Å². The van der Waals surface area contributed by atoms with Crippen LogP contribution in [-0.4, -0.2) is 193 Å². The van der Waals surface area contributed by atoms with E-state index in [1.165, 1.54) is 38.5 Å². The molecule has 0 radical (unpaired) electrons. The van der Waals surface area contributed by atoms with Crippen molar-refractivity contribution in [2.45, 2.75) is 285 Å². The molecule has 0 aromatic rings. The highest BCUT2D eigenvalue weighted by atomic mass is 16.8. The third kappa shape index (κ3) is 35.5. The van der Waals surface area contributed by atoms with Crippen molar-refractivity contribution >= 4 is 5.91 Å². The molecule has 19 heteroatoms. The van der Waals surface area contributed by atoms with Crippen LogP contribution in [0, 0.1) is 0 Å². The number of unbranched alkanes of at least 4 members (excludes halogenated alkanes) is 12. The molecular formula is C74H119NO18. The summed E-state index contributed by atoms with van der Waals surface area (Å²) in [4.78, 5) is 13.4. The van der Waals surface area contributed by atoms with E-state index in [0.29, 0.717) is 12.8 Å². The molecule has 19 nitrogen and oxygen atoms in total. The van der Waals surface area contributed by atoms with Crippen LogP contribution in [0.1, 0.15) is 181 Å². The van der Waals surface area contributed by atoms with Crippen LogP contribution in [0.15, 0.2) is 146 Å². The monoisotopic (exact) mass is 1310 g/mol. The van der Waals surface area contributed by atoms with Gasteiger partial charge in [-0.05, 0) is 109 Å². The van der Waals surface area contributed by atoms with Gasteiger partial charge in [-0.1, -0.05) is 211 Å². The summed E-state index contributed by atoms with van der Waals surface area (Å²) in [5, 5.41) is 120. The van der Waals surface area contributed by atoms with E-state index in [4.69, 9.17) is 28.4 Å². The van der Waals surface area contributed by atoms with Gasteiger partial charge in [0.1, 0.15) is 73.2 Å². The van der Waals surface area contributed by atoms with Gasteiger partial charge in [0.05, 0.1) is 38.6 Å². The lowest BCUT2D eigenvalue weighted by molar-refractivity contribution is -0.379. The quantitative estimate of drug-likeness (QED) is 0.0199. The summed E-state index contributed by atoms with van der Waals surface area (Å²) < 4.78 is 34.2. The number of amides is 1. The highest BCUT2D eigenvalue weighted by Crippen LogP contribution is 2.33. The standard InChI is InChI=1S/C74H119NO18/c1-3-5-7-9-11-13-15-17-18-19-20-21-22-23-24-25-26-27-28-29-30-31-32-33-34-35-36-37-38-40-42-44-46-48-50-52-62(80)75-57(58(79)51-49-47-45-43-41-39-16-14-12-10-8-6-4-2)56-88-72-68(86)65(83)70(60(54-77)90-72)93-74-69(87)66(84)71(61(55-78)91-74)92-73-67(85)64(82)63(81)59(53-76)89-73/h5,7,11,13,17-18,20-21,23-24,26-27,29-30,32-33,35-36,38,40-41,43,49,51,57-61,63-74,76-79,81-87H,3-4,6,8-10,12,14-16,19,22,25,28,31,34,37,39,42,44-48,50,52-56H2,1-2H3,(H,75,80)/b7-5-,13-11-,18-17-,21-20-,24-23-,27-26-,30-29-,33-32-,36-35-,40-38-,43-41+,51-49+. The fourth-order valence-corrected chi connectivity index (χ4v) is 10.5. The molecular weight excluding hydrogens is 1190 g/mol. The summed E-state index contributed by atoms with van der Waals surface area (Å²) in [6.07, 6.45) is 49.8. The minimum atomic E-state index is -1.99. The number of hydrogen-bond acceptors (Lipinski definition) is 18. The van der Waals surface area contributed by atoms with Crippen molar-refractivity contribution in [3.8, 4) is 0 Å². The van der Waals surface area contributed by atoms with Gasteiger partial charge in [-0.3, -0.25) is 4.79 Å². The fourth-order valence-electron chi connectivity index (χ4n) is 10.5. The molecule has 0 aromatic carbocycles. The molecule has 3 fully saturated rings. The molecule has 0 aliphatic carbocycles. The maximum Gasteiger partial charge on any atom is 0.220 e. The summed E-state index contributed by atoms with van der Waals surface area (Å²) in [5.74, 6) is -0.318. The summed E-state index contributed by atoms with van der Waals surface area (Å²) in [6, 6.07) is -1.01. The molecule has 17 atom stereocenters. The molecule has 3 aliphatic heterocycles. The summed E-state index contributed by atoms with van der Waals surface area (Å²) in [6.45, 7) is 1.52. The van der Waals surface area contributed by atoms with Gasteiger partial charge in [-0.2, -0.15) is 0 Å². The fraction of sp³-hybridized carbons (Fsp3) is 0.662. The SMILES string of the molecule is CC/C=C\C/C=C\C/C=C\C/C=C\C/C=C\C/C=C\C/C=C\C/C=C\C/C=C\C/C=C\CCCCCCC(=O)NC(COC1OC(CO)C(OC2OC(CO)C(OC3OC(CO)C(O)C(O)C3O)C(O)C2O)C(O)C1O)C(O)/C=C/CC/C=C/CCCCCCCCC. The Morgan fingerprint density at radius 3 is 1.20 bits per heavy atom. The number of aliphatic hydroxyl groups excluding tert-OH is 11. The maximum absolute atomic E-state index is 13.4. The van der Waals surface area contributed by atoms with Crippen molar-refractivity contribution in [3.05, 3.63) is 146 Å². The van der Waals surface area contributed by atoms with E-state index in [-0.39, 0.29) is 18.9 Å². The Hall–Kier alpha value is -4.33. The first-order valence-corrected chi connectivity index (χ1v) is 34.6. The van der Waals surface area contributed by atoms with Crippen molar-refractivity contribution < 1.29 is 89.4 Å². The molecule has 3 saturated heterocycles. The number of allylic oxidation sites excluding steroid dienone is 23. The number of carbonyl (C=O) groups is 1. The van der Waals surface area contributed by atoms with Crippen LogP contribution in [0.2, 0.25) is 0 Å². The zero-order chi connectivity index (χ0) is 67.5. The predicted molar refractivity (Wildman–Crippen MR) is 364 cm³/mol. The maximum atomic E-state index is 13.4. The van der Waals surface area contributed by atoms with E-state index in [1.54, 1.807) is 6.08 Å². The first kappa shape index (κ1) is 82.9. The Kier molecular flexibility index (Phi) is 47.9. The smallest absolute Gasteiger partial charge is 0.220 e. The first-order valence-electron chi connectivity index (χ1n) is 34.6. The molecule has 1 amide bonds. The molecule has 528 valence electrons. The Morgan fingerprint density at radius 1 is 0.398 bits per heavy atom. The van der Waals surface area contributed by atoms with Crippen molar-refractivity contribution in [2.24, 2.45) is 0 Å². The van der Waals surface area contributed by atoms with E-state index in [1.807, 2.05) is 6.08 Å². The molecule has 12 N–H and O–H groups in total. The van der Waals surface area contributed by atoms with Crippen molar-refractivity contribution in [1.82, 2.24) is 5.32 Å². The second-order valence-electron chi connectivity index (χ2n) is 23.9. The topological polar surface area (TPSA) is 307 Å². The lowest BCUT2D eigenvalue weighted by Gasteiger charge is -2.48. The number of ether oxygens (including phenoxy) is 6. The average Bonchev–Trinajstić information content (AvgIpc) is 0.842. The van der Waals surface area contributed by atoms with Gasteiger partial charge in [-0.15, -0.1) is 0 Å². The second-order valence-corrected chi connectivity index (χ2v) is 23.9. The summed E-state index contributed by atoms with van der Waals surface area (Å²) >= 11 is 0. The molecule has 0 saturated carbocycles. The second kappa shape index (κ2) is 53.8. The zero-order valence-corrected chi connectivity index (χ0v) is 55.7. The predicted octanol–water partition coefficient (Wildman–Crippen LogP) is 9.15. The third-order valence-corrected chi connectivity index (χ3v) is 16.1. The van der Waals surface area contributed by atoms with Gasteiger partial charge in [0.15, 0.2) is 18.9 Å². The molecule has 3 rings (SSSR count). The van der Waals surface area contributed by atoms with Crippen LogP contribution in [-0.2, 0) is 33.2 Å². The number of hydrogen-bond donors (Lipinski definition) is 12. The molecule has 93 heavy (non-hydrogen) atoms. The van der Waals surface area contributed by atoms with E-state index in [2.05, 4.69) is 153 Å². The number of nitrogens with one attached hydrogen (secondary N) is 1. The number of aliphatic hydroxyl groups is 11. The van der Waals surface area contributed by atoms with E-state index < -0.39 is 124 Å². The van der Waals surface area contributed by atoms with Gasteiger partial charge in [0.25, 0.3) is 0 Å². The van der Waals surface area contributed by atoms with Gasteiger partial charge in [0, 0.05) is 6.42 Å². The van der Waals surface area contributed by atoms with Gasteiger partial charge in [-0.25, -0.2) is 0 Å².